The Hall–Kier alpha value is -2.57. The van der Waals surface area contributed by atoms with Crippen LogP contribution in [0.2, 0.25) is 0 Å². The van der Waals surface area contributed by atoms with E-state index in [2.05, 4.69) is 21.9 Å². The Bertz CT molecular complexity index is 860. The van der Waals surface area contributed by atoms with Gasteiger partial charge >= 0.3 is 0 Å². The van der Waals surface area contributed by atoms with Crippen LogP contribution in [-0.2, 0) is 13.1 Å². The molecule has 0 spiro atoms. The van der Waals surface area contributed by atoms with Gasteiger partial charge in [-0.2, -0.15) is 0 Å². The number of Topliss-reactive ketones (excluding diaryl/α,β-unsaturated/α-hetero) is 1. The van der Waals surface area contributed by atoms with Gasteiger partial charge in [0.1, 0.15) is 5.75 Å². The van der Waals surface area contributed by atoms with E-state index < -0.39 is 0 Å². The normalized spacial score (nSPS) is 16.9. The number of carbonyl (C=O) groups is 1. The molecule has 2 aromatic rings. The minimum atomic E-state index is 0.0810. The Kier molecular flexibility index (Phi) is 5.50. The first-order valence-electron chi connectivity index (χ1n) is 9.63. The van der Waals surface area contributed by atoms with Crippen molar-refractivity contribution in [2.24, 2.45) is 0 Å². The molecule has 0 atom stereocenters. The van der Waals surface area contributed by atoms with Crippen molar-refractivity contribution in [2.75, 3.05) is 40.1 Å². The number of benzene rings is 2. The third-order valence-corrected chi connectivity index (χ3v) is 5.39. The molecule has 0 aromatic heterocycles. The monoisotopic (exact) mass is 382 g/mol. The summed E-state index contributed by atoms with van der Waals surface area (Å²) in [5.74, 6) is 2.59. The van der Waals surface area contributed by atoms with Gasteiger partial charge < -0.3 is 14.2 Å². The predicted molar refractivity (Wildman–Crippen MR) is 106 cm³/mol. The van der Waals surface area contributed by atoms with Crippen molar-refractivity contribution in [2.45, 2.75) is 20.0 Å². The lowest BCUT2D eigenvalue weighted by atomic mass is 10.1. The van der Waals surface area contributed by atoms with E-state index in [-0.39, 0.29) is 5.78 Å². The first-order chi connectivity index (χ1) is 13.6. The Balaban J connectivity index is 1.34. The number of hydrogen-bond acceptors (Lipinski definition) is 6. The van der Waals surface area contributed by atoms with Crippen LogP contribution in [0.3, 0.4) is 0 Å². The standard InChI is InChI=1S/C22H26N2O4/c1-16(25)18-4-6-20(26-2)19(12-18)14-24-9-7-23(8-10-24)13-17-3-5-21-22(11-17)28-15-27-21/h3-6,11-12H,7-10,13-15H2,1-2H3. The maximum absolute atomic E-state index is 11.7. The highest BCUT2D eigenvalue weighted by atomic mass is 16.7. The number of methoxy groups -OCH3 is 1. The highest BCUT2D eigenvalue weighted by Gasteiger charge is 2.20. The van der Waals surface area contributed by atoms with Crippen molar-refractivity contribution >= 4 is 5.78 Å². The van der Waals surface area contributed by atoms with Crippen LogP contribution in [0.5, 0.6) is 17.2 Å². The lowest BCUT2D eigenvalue weighted by Crippen LogP contribution is -2.45. The average Bonchev–Trinajstić information content (AvgIpc) is 3.17. The molecule has 28 heavy (non-hydrogen) atoms. The van der Waals surface area contributed by atoms with E-state index in [1.165, 1.54) is 5.56 Å². The summed E-state index contributed by atoms with van der Waals surface area (Å²) in [4.78, 5) is 16.6. The molecule has 0 radical (unpaired) electrons. The second-order valence-corrected chi connectivity index (χ2v) is 7.32. The maximum Gasteiger partial charge on any atom is 0.231 e. The molecule has 0 unspecified atom stereocenters. The number of carbonyl (C=O) groups excluding carboxylic acids is 1. The van der Waals surface area contributed by atoms with Gasteiger partial charge in [0.25, 0.3) is 0 Å². The van der Waals surface area contributed by atoms with Crippen LogP contribution in [0.15, 0.2) is 36.4 Å². The molecule has 0 saturated carbocycles. The molecule has 6 nitrogen and oxygen atoms in total. The van der Waals surface area contributed by atoms with Gasteiger partial charge in [-0.25, -0.2) is 0 Å². The number of nitrogens with zero attached hydrogens (tertiary/aromatic N) is 2. The third-order valence-electron chi connectivity index (χ3n) is 5.39. The van der Waals surface area contributed by atoms with Crippen LogP contribution in [0.25, 0.3) is 0 Å². The minimum Gasteiger partial charge on any atom is -0.496 e. The molecule has 148 valence electrons. The van der Waals surface area contributed by atoms with Crippen molar-refractivity contribution in [1.29, 1.82) is 0 Å². The molecule has 2 aliphatic rings. The van der Waals surface area contributed by atoms with Crippen LogP contribution < -0.4 is 14.2 Å². The summed E-state index contributed by atoms with van der Waals surface area (Å²) in [6.07, 6.45) is 0. The molecular formula is C22H26N2O4. The number of ketones is 1. The SMILES string of the molecule is COc1ccc(C(C)=O)cc1CN1CCN(Cc2ccc3c(c2)OCO3)CC1. The summed E-state index contributed by atoms with van der Waals surface area (Å²) in [5, 5.41) is 0. The molecule has 0 bridgehead atoms. The summed E-state index contributed by atoms with van der Waals surface area (Å²) in [5.41, 5.74) is 3.05. The highest BCUT2D eigenvalue weighted by Crippen LogP contribution is 2.33. The van der Waals surface area contributed by atoms with E-state index in [0.29, 0.717) is 6.79 Å². The van der Waals surface area contributed by atoms with Gasteiger partial charge in [-0.3, -0.25) is 14.6 Å². The molecule has 0 amide bonds. The zero-order valence-corrected chi connectivity index (χ0v) is 16.4. The third kappa shape index (κ3) is 4.13. The van der Waals surface area contributed by atoms with Gasteiger partial charge in [-0.1, -0.05) is 6.07 Å². The first-order valence-corrected chi connectivity index (χ1v) is 9.63. The predicted octanol–water partition coefficient (Wildman–Crippen LogP) is 2.94. The topological polar surface area (TPSA) is 51.2 Å². The molecule has 0 aliphatic carbocycles. The molecule has 1 fully saturated rings. The summed E-state index contributed by atoms with van der Waals surface area (Å²) in [7, 11) is 1.68. The molecule has 6 heteroatoms. The zero-order chi connectivity index (χ0) is 19.5. The quantitative estimate of drug-likeness (QED) is 0.716. The minimum absolute atomic E-state index is 0.0810. The van der Waals surface area contributed by atoms with Gasteiger partial charge in [-0.15, -0.1) is 0 Å². The van der Waals surface area contributed by atoms with Crippen LogP contribution >= 0.6 is 0 Å². The van der Waals surface area contributed by atoms with Crippen molar-refractivity contribution in [3.63, 3.8) is 0 Å². The van der Waals surface area contributed by atoms with Gasteiger partial charge in [0.05, 0.1) is 7.11 Å². The molecule has 0 N–H and O–H groups in total. The van der Waals surface area contributed by atoms with Crippen molar-refractivity contribution in [3.8, 4) is 17.2 Å². The summed E-state index contributed by atoms with van der Waals surface area (Å²) in [6.45, 7) is 7.59. The van der Waals surface area contributed by atoms with E-state index in [1.807, 2.05) is 24.3 Å². The Morgan fingerprint density at radius 2 is 1.68 bits per heavy atom. The lowest BCUT2D eigenvalue weighted by molar-refractivity contribution is 0.101. The lowest BCUT2D eigenvalue weighted by Gasteiger charge is -2.35. The molecule has 2 aromatic carbocycles. The van der Waals surface area contributed by atoms with Gasteiger partial charge in [0.2, 0.25) is 6.79 Å². The molecular weight excluding hydrogens is 356 g/mol. The summed E-state index contributed by atoms with van der Waals surface area (Å²) >= 11 is 0. The first kappa shape index (κ1) is 18.8. The molecule has 2 aliphatic heterocycles. The van der Waals surface area contributed by atoms with Gasteiger partial charge in [-0.05, 0) is 42.8 Å². The number of ether oxygens (including phenoxy) is 3. The zero-order valence-electron chi connectivity index (χ0n) is 16.4. The fourth-order valence-electron chi connectivity index (χ4n) is 3.77. The van der Waals surface area contributed by atoms with E-state index in [1.54, 1.807) is 14.0 Å². The number of fused-ring (bicyclic) bond motifs is 1. The van der Waals surface area contributed by atoms with Crippen molar-refractivity contribution in [1.82, 2.24) is 9.80 Å². The second kappa shape index (κ2) is 8.20. The van der Waals surface area contributed by atoms with Crippen LogP contribution in [-0.4, -0.2) is 55.7 Å². The summed E-state index contributed by atoms with van der Waals surface area (Å²) in [6, 6.07) is 11.9. The average molecular weight is 382 g/mol. The van der Waals surface area contributed by atoms with E-state index in [9.17, 15) is 4.79 Å². The largest absolute Gasteiger partial charge is 0.496 e. The molecule has 2 heterocycles. The van der Waals surface area contributed by atoms with Crippen molar-refractivity contribution in [3.05, 3.63) is 53.1 Å². The van der Waals surface area contributed by atoms with E-state index in [0.717, 1.165) is 67.6 Å². The van der Waals surface area contributed by atoms with Gasteiger partial charge in [0.15, 0.2) is 17.3 Å². The number of hydrogen-bond donors (Lipinski definition) is 0. The Morgan fingerprint density at radius 1 is 0.964 bits per heavy atom. The number of piperazine rings is 1. The van der Waals surface area contributed by atoms with Crippen molar-refractivity contribution < 1.29 is 19.0 Å². The Morgan fingerprint density at radius 3 is 2.39 bits per heavy atom. The molecule has 4 rings (SSSR count). The maximum atomic E-state index is 11.7. The second-order valence-electron chi connectivity index (χ2n) is 7.32. The highest BCUT2D eigenvalue weighted by molar-refractivity contribution is 5.94. The fraction of sp³-hybridized carbons (Fsp3) is 0.409. The Labute approximate surface area is 165 Å². The van der Waals surface area contributed by atoms with Crippen LogP contribution in [0.4, 0.5) is 0 Å². The smallest absolute Gasteiger partial charge is 0.231 e. The number of rotatable bonds is 6. The van der Waals surface area contributed by atoms with Crippen LogP contribution in [0, 0.1) is 0 Å². The van der Waals surface area contributed by atoms with E-state index >= 15 is 0 Å². The van der Waals surface area contributed by atoms with Gasteiger partial charge in [0, 0.05) is 50.4 Å². The van der Waals surface area contributed by atoms with Crippen LogP contribution in [0.1, 0.15) is 28.4 Å². The van der Waals surface area contributed by atoms with E-state index in [4.69, 9.17) is 14.2 Å². The summed E-state index contributed by atoms with van der Waals surface area (Å²) < 4.78 is 16.3. The molecule has 1 saturated heterocycles. The fourth-order valence-corrected chi connectivity index (χ4v) is 3.77.